The number of likely N-dealkylation sites (N-methyl/N-ethyl adjacent to an activating group) is 1. The number of nitrogens with zero attached hydrogens (tertiary/aromatic N) is 1. The molecular weight excluding hydrogens is 292 g/mol. The summed E-state index contributed by atoms with van der Waals surface area (Å²) < 4.78 is 5.36. The molecule has 1 atom stereocenters. The van der Waals surface area contributed by atoms with Gasteiger partial charge >= 0.3 is 0 Å². The summed E-state index contributed by atoms with van der Waals surface area (Å²) in [4.78, 5) is 30.3. The van der Waals surface area contributed by atoms with Crippen molar-refractivity contribution >= 4 is 22.6 Å². The zero-order valence-corrected chi connectivity index (χ0v) is 13.6. The molecule has 5 nitrogen and oxygen atoms in total. The number of para-hydroxylation sites is 1. The predicted molar refractivity (Wildman–Crippen MR) is 88.5 cm³/mol. The second-order valence-corrected chi connectivity index (χ2v) is 6.07. The molecule has 1 unspecified atom stereocenters. The van der Waals surface area contributed by atoms with Crippen LogP contribution in [0.4, 0.5) is 0 Å². The smallest absolute Gasteiger partial charge is 0.295 e. The third-order valence-corrected chi connectivity index (χ3v) is 4.49. The van der Waals surface area contributed by atoms with Crippen LogP contribution in [0.2, 0.25) is 0 Å². The van der Waals surface area contributed by atoms with Crippen molar-refractivity contribution in [2.24, 2.45) is 5.92 Å². The first-order valence-corrected chi connectivity index (χ1v) is 8.10. The average Bonchev–Trinajstić information content (AvgIpc) is 3.17. The number of aromatic nitrogens is 1. The Bertz CT molecular complexity index is 729. The van der Waals surface area contributed by atoms with Gasteiger partial charge in [-0.15, -0.1) is 0 Å². The fourth-order valence-electron chi connectivity index (χ4n) is 3.21. The topological polar surface area (TPSA) is 62.4 Å². The molecule has 5 heteroatoms. The maximum Gasteiger partial charge on any atom is 0.295 e. The second kappa shape index (κ2) is 6.54. The minimum Gasteiger partial charge on any atom is -0.381 e. The second-order valence-electron chi connectivity index (χ2n) is 6.07. The normalized spacial score (nSPS) is 17.6. The van der Waals surface area contributed by atoms with Crippen LogP contribution >= 0.6 is 0 Å². The van der Waals surface area contributed by atoms with Gasteiger partial charge in [0, 0.05) is 42.2 Å². The maximum atomic E-state index is 12.8. The Morgan fingerprint density at radius 1 is 1.35 bits per heavy atom. The molecule has 1 N–H and O–H groups in total. The van der Waals surface area contributed by atoms with Crippen molar-refractivity contribution in [3.05, 3.63) is 35.5 Å². The molecular formula is C18H22N2O3. The third-order valence-electron chi connectivity index (χ3n) is 4.49. The number of benzene rings is 1. The van der Waals surface area contributed by atoms with Crippen molar-refractivity contribution in [2.75, 3.05) is 26.3 Å². The van der Waals surface area contributed by atoms with Gasteiger partial charge in [-0.3, -0.25) is 9.59 Å². The van der Waals surface area contributed by atoms with E-state index >= 15 is 0 Å². The predicted octanol–water partition coefficient (Wildman–Crippen LogP) is 2.54. The summed E-state index contributed by atoms with van der Waals surface area (Å²) in [5, 5.41) is 0.809. The van der Waals surface area contributed by atoms with Crippen LogP contribution in [0, 0.1) is 12.8 Å². The fourth-order valence-corrected chi connectivity index (χ4v) is 3.21. The third kappa shape index (κ3) is 3.01. The highest BCUT2D eigenvalue weighted by atomic mass is 16.5. The molecule has 0 bridgehead atoms. The highest BCUT2D eigenvalue weighted by molar-refractivity contribution is 6.45. The largest absolute Gasteiger partial charge is 0.381 e. The van der Waals surface area contributed by atoms with Crippen molar-refractivity contribution in [2.45, 2.75) is 20.3 Å². The van der Waals surface area contributed by atoms with Crippen LogP contribution in [0.5, 0.6) is 0 Å². The zero-order chi connectivity index (χ0) is 16.4. The van der Waals surface area contributed by atoms with Gasteiger partial charge in [-0.25, -0.2) is 0 Å². The van der Waals surface area contributed by atoms with E-state index in [1.165, 1.54) is 0 Å². The number of hydrogen-bond donors (Lipinski definition) is 1. The summed E-state index contributed by atoms with van der Waals surface area (Å²) in [6, 6.07) is 7.58. The molecule has 1 aliphatic heterocycles. The zero-order valence-electron chi connectivity index (χ0n) is 13.6. The van der Waals surface area contributed by atoms with Crippen LogP contribution in [0.1, 0.15) is 29.4 Å². The molecule has 2 heterocycles. The van der Waals surface area contributed by atoms with Gasteiger partial charge in [-0.05, 0) is 26.3 Å². The first kappa shape index (κ1) is 15.7. The number of H-pyrrole nitrogens is 1. The van der Waals surface area contributed by atoms with E-state index in [2.05, 4.69) is 4.98 Å². The number of Topliss-reactive ketones (excluding diaryl/α,β-unsaturated/α-hetero) is 1. The number of aryl methyl sites for hydroxylation is 1. The standard InChI is InChI=1S/C18H22N2O3/c1-3-20(10-13-8-9-23-11-13)18(22)17(21)16-12(2)19-15-7-5-4-6-14(15)16/h4-7,13,19H,3,8-11H2,1-2H3. The number of nitrogens with one attached hydrogen (secondary N) is 1. The highest BCUT2D eigenvalue weighted by Gasteiger charge is 2.29. The quantitative estimate of drug-likeness (QED) is 0.681. The number of carbonyl (C=O) groups excluding carboxylic acids is 2. The number of amides is 1. The van der Waals surface area contributed by atoms with E-state index in [4.69, 9.17) is 4.74 Å². The van der Waals surface area contributed by atoms with Gasteiger partial charge in [-0.1, -0.05) is 18.2 Å². The van der Waals surface area contributed by atoms with Gasteiger partial charge in [-0.2, -0.15) is 0 Å². The number of fused-ring (bicyclic) bond motifs is 1. The molecule has 1 amide bonds. The first-order valence-electron chi connectivity index (χ1n) is 8.10. The molecule has 1 saturated heterocycles. The summed E-state index contributed by atoms with van der Waals surface area (Å²) in [6.45, 7) is 6.27. The van der Waals surface area contributed by atoms with E-state index in [0.29, 0.717) is 31.2 Å². The number of aromatic amines is 1. The Morgan fingerprint density at radius 3 is 2.83 bits per heavy atom. The Labute approximate surface area is 135 Å². The molecule has 0 saturated carbocycles. The molecule has 3 rings (SSSR count). The monoisotopic (exact) mass is 314 g/mol. The van der Waals surface area contributed by atoms with Gasteiger partial charge < -0.3 is 14.6 Å². The average molecular weight is 314 g/mol. The molecule has 0 radical (unpaired) electrons. The van der Waals surface area contributed by atoms with Crippen LogP contribution in [0.15, 0.2) is 24.3 Å². The van der Waals surface area contributed by atoms with Crippen molar-refractivity contribution in [1.82, 2.24) is 9.88 Å². The van der Waals surface area contributed by atoms with E-state index in [-0.39, 0.29) is 0 Å². The molecule has 0 spiro atoms. The lowest BCUT2D eigenvalue weighted by Gasteiger charge is -2.23. The fraction of sp³-hybridized carbons (Fsp3) is 0.444. The summed E-state index contributed by atoms with van der Waals surface area (Å²) >= 11 is 0. The minimum absolute atomic E-state index is 0.329. The van der Waals surface area contributed by atoms with Crippen molar-refractivity contribution in [1.29, 1.82) is 0 Å². The van der Waals surface area contributed by atoms with Crippen LogP contribution in [0.3, 0.4) is 0 Å². The summed E-state index contributed by atoms with van der Waals surface area (Å²) in [5.41, 5.74) is 2.12. The van der Waals surface area contributed by atoms with Gasteiger partial charge in [0.05, 0.1) is 12.2 Å². The van der Waals surface area contributed by atoms with Crippen molar-refractivity contribution in [3.63, 3.8) is 0 Å². The van der Waals surface area contributed by atoms with E-state index in [1.807, 2.05) is 38.1 Å². The van der Waals surface area contributed by atoms with Crippen molar-refractivity contribution < 1.29 is 14.3 Å². The molecule has 23 heavy (non-hydrogen) atoms. The van der Waals surface area contributed by atoms with Crippen LogP contribution in [0.25, 0.3) is 10.9 Å². The number of rotatable bonds is 5. The van der Waals surface area contributed by atoms with E-state index in [0.717, 1.165) is 29.6 Å². The summed E-state index contributed by atoms with van der Waals surface area (Å²) in [5.74, 6) is -0.524. The van der Waals surface area contributed by atoms with Gasteiger partial charge in [0.25, 0.3) is 11.7 Å². The number of carbonyl (C=O) groups is 2. The maximum absolute atomic E-state index is 12.8. The lowest BCUT2D eigenvalue weighted by atomic mass is 10.0. The van der Waals surface area contributed by atoms with Crippen LogP contribution < -0.4 is 0 Å². The van der Waals surface area contributed by atoms with Gasteiger partial charge in [0.2, 0.25) is 0 Å². The van der Waals surface area contributed by atoms with E-state index in [9.17, 15) is 9.59 Å². The number of hydrogen-bond acceptors (Lipinski definition) is 3. The SMILES string of the molecule is CCN(CC1CCOC1)C(=O)C(=O)c1c(C)[nH]c2ccccc12. The Balaban J connectivity index is 1.85. The molecule has 0 aliphatic carbocycles. The molecule has 1 aromatic heterocycles. The van der Waals surface area contributed by atoms with Gasteiger partial charge in [0.15, 0.2) is 0 Å². The Hall–Kier alpha value is -2.14. The lowest BCUT2D eigenvalue weighted by Crippen LogP contribution is -2.40. The Kier molecular flexibility index (Phi) is 4.48. The highest BCUT2D eigenvalue weighted by Crippen LogP contribution is 2.23. The van der Waals surface area contributed by atoms with Crippen LogP contribution in [-0.2, 0) is 9.53 Å². The minimum atomic E-state index is -0.430. The van der Waals surface area contributed by atoms with E-state index in [1.54, 1.807) is 4.90 Å². The Morgan fingerprint density at radius 2 is 2.13 bits per heavy atom. The van der Waals surface area contributed by atoms with E-state index < -0.39 is 11.7 Å². The molecule has 1 aromatic carbocycles. The van der Waals surface area contributed by atoms with Crippen LogP contribution in [-0.4, -0.2) is 47.9 Å². The molecule has 122 valence electrons. The van der Waals surface area contributed by atoms with Gasteiger partial charge in [0.1, 0.15) is 0 Å². The first-order chi connectivity index (χ1) is 11.1. The molecule has 1 aliphatic rings. The summed E-state index contributed by atoms with van der Waals surface area (Å²) in [7, 11) is 0. The number of ether oxygens (including phenoxy) is 1. The number of ketones is 1. The molecule has 2 aromatic rings. The summed E-state index contributed by atoms with van der Waals surface area (Å²) in [6.07, 6.45) is 0.948. The molecule has 1 fully saturated rings. The lowest BCUT2D eigenvalue weighted by molar-refractivity contribution is -0.126. The van der Waals surface area contributed by atoms with Crippen molar-refractivity contribution in [3.8, 4) is 0 Å².